The van der Waals surface area contributed by atoms with Crippen molar-refractivity contribution in [3.63, 3.8) is 0 Å². The van der Waals surface area contributed by atoms with E-state index in [0.29, 0.717) is 0 Å². The van der Waals surface area contributed by atoms with Crippen molar-refractivity contribution in [2.45, 2.75) is 13.1 Å². The van der Waals surface area contributed by atoms with E-state index < -0.39 is 31.1 Å². The second kappa shape index (κ2) is 6.72. The maximum absolute atomic E-state index is 12.1. The first kappa shape index (κ1) is 15.2. The second-order valence-electron chi connectivity index (χ2n) is 3.09. The smallest absolute Gasteiger partial charge is 0.406 e. The van der Waals surface area contributed by atoms with E-state index in [1.807, 2.05) is 0 Å². The predicted molar refractivity (Wildman–Crippen MR) is 54.2 cm³/mol. The third kappa shape index (κ3) is 8.06. The number of carboxylic acids is 1. The van der Waals surface area contributed by atoms with E-state index in [4.69, 9.17) is 5.11 Å². The molecule has 0 aromatic heterocycles. The Morgan fingerprint density at radius 3 is 2.29 bits per heavy atom. The highest BCUT2D eigenvalue weighted by atomic mass is 19.4. The summed E-state index contributed by atoms with van der Waals surface area (Å²) in [6, 6.07) is 0. The van der Waals surface area contributed by atoms with Gasteiger partial charge in [-0.3, -0.25) is 9.59 Å². The number of halogens is 3. The van der Waals surface area contributed by atoms with Gasteiger partial charge in [-0.25, -0.2) is 0 Å². The minimum absolute atomic E-state index is 0.211. The van der Waals surface area contributed by atoms with Crippen molar-refractivity contribution < 1.29 is 27.9 Å². The Labute approximate surface area is 96.0 Å². The normalized spacial score (nSPS) is 12.2. The molecule has 7 heteroatoms. The largest absolute Gasteiger partial charge is 0.480 e. The predicted octanol–water partition coefficient (Wildman–Crippen LogP) is 1.59. The summed E-state index contributed by atoms with van der Waals surface area (Å²) < 4.78 is 36.2. The molecule has 0 aromatic carbocycles. The van der Waals surface area contributed by atoms with Crippen molar-refractivity contribution in [1.82, 2.24) is 4.90 Å². The van der Waals surface area contributed by atoms with Crippen molar-refractivity contribution in [1.29, 1.82) is 0 Å². The van der Waals surface area contributed by atoms with E-state index in [1.165, 1.54) is 12.2 Å². The van der Waals surface area contributed by atoms with Crippen LogP contribution in [0.4, 0.5) is 13.2 Å². The van der Waals surface area contributed by atoms with Crippen LogP contribution in [0.25, 0.3) is 0 Å². The maximum Gasteiger partial charge on any atom is 0.406 e. The van der Waals surface area contributed by atoms with E-state index in [9.17, 15) is 22.8 Å². The zero-order chi connectivity index (χ0) is 13.5. The molecule has 0 saturated carbocycles. The van der Waals surface area contributed by atoms with Gasteiger partial charge < -0.3 is 10.0 Å². The van der Waals surface area contributed by atoms with Crippen LogP contribution >= 0.6 is 0 Å². The van der Waals surface area contributed by atoms with E-state index >= 15 is 0 Å². The number of alkyl halides is 3. The van der Waals surface area contributed by atoms with Crippen LogP contribution in [0.3, 0.4) is 0 Å². The van der Waals surface area contributed by atoms with Crippen LogP contribution in [0.15, 0.2) is 24.3 Å². The molecule has 0 unspecified atom stereocenters. The van der Waals surface area contributed by atoms with Gasteiger partial charge in [-0.1, -0.05) is 18.2 Å². The van der Waals surface area contributed by atoms with E-state index in [2.05, 4.69) is 0 Å². The Hall–Kier alpha value is -1.79. The van der Waals surface area contributed by atoms with E-state index in [1.54, 1.807) is 13.0 Å². The summed E-state index contributed by atoms with van der Waals surface area (Å²) in [7, 11) is 0. The van der Waals surface area contributed by atoms with Gasteiger partial charge in [0, 0.05) is 6.08 Å². The lowest BCUT2D eigenvalue weighted by atomic mass is 10.3. The number of hydrogen-bond acceptors (Lipinski definition) is 2. The van der Waals surface area contributed by atoms with Gasteiger partial charge in [0.2, 0.25) is 5.91 Å². The molecular weight excluding hydrogens is 239 g/mol. The van der Waals surface area contributed by atoms with Crippen molar-refractivity contribution in [3.8, 4) is 0 Å². The fourth-order valence-corrected chi connectivity index (χ4v) is 0.946. The summed E-state index contributed by atoms with van der Waals surface area (Å²) in [5.41, 5.74) is 0. The summed E-state index contributed by atoms with van der Waals surface area (Å²) >= 11 is 0. The fraction of sp³-hybridized carbons (Fsp3) is 0.400. The van der Waals surface area contributed by atoms with Crippen LogP contribution in [0.2, 0.25) is 0 Å². The molecule has 0 aliphatic rings. The standard InChI is InChI=1S/C10H12F3NO3/c1-2-3-4-5-8(15)14(6-9(16)17)7-10(11,12)13/h2-5H,6-7H2,1H3,(H,16,17). The second-order valence-corrected chi connectivity index (χ2v) is 3.09. The number of hydrogen-bond donors (Lipinski definition) is 1. The molecule has 0 aromatic rings. The minimum Gasteiger partial charge on any atom is -0.480 e. The molecule has 0 bridgehead atoms. The third-order valence-corrected chi connectivity index (χ3v) is 1.55. The number of carbonyl (C=O) groups is 2. The fourth-order valence-electron chi connectivity index (χ4n) is 0.946. The van der Waals surface area contributed by atoms with Gasteiger partial charge in [0.05, 0.1) is 0 Å². The van der Waals surface area contributed by atoms with Crippen molar-refractivity contribution in [2.24, 2.45) is 0 Å². The van der Waals surface area contributed by atoms with Crippen LogP contribution in [-0.4, -0.2) is 41.1 Å². The highest BCUT2D eigenvalue weighted by Crippen LogP contribution is 2.16. The highest BCUT2D eigenvalue weighted by molar-refractivity contribution is 5.90. The lowest BCUT2D eigenvalue weighted by molar-refractivity contribution is -0.163. The van der Waals surface area contributed by atoms with Gasteiger partial charge >= 0.3 is 12.1 Å². The lowest BCUT2D eigenvalue weighted by Crippen LogP contribution is -2.41. The first-order valence-corrected chi connectivity index (χ1v) is 4.63. The molecule has 17 heavy (non-hydrogen) atoms. The van der Waals surface area contributed by atoms with Crippen LogP contribution < -0.4 is 0 Å². The highest BCUT2D eigenvalue weighted by Gasteiger charge is 2.33. The Morgan fingerprint density at radius 1 is 1.29 bits per heavy atom. The molecule has 4 nitrogen and oxygen atoms in total. The summed E-state index contributed by atoms with van der Waals surface area (Å²) in [6.07, 6.45) is 0.529. The molecule has 0 fully saturated rings. The Bertz CT molecular complexity index is 334. The molecule has 0 spiro atoms. The molecule has 0 atom stereocenters. The molecule has 1 N–H and O–H groups in total. The molecule has 0 radical (unpaired) electrons. The first-order chi connectivity index (χ1) is 7.76. The molecule has 0 aliphatic carbocycles. The van der Waals surface area contributed by atoms with Crippen LogP contribution in [0, 0.1) is 0 Å². The number of nitrogens with zero attached hydrogens (tertiary/aromatic N) is 1. The van der Waals surface area contributed by atoms with Gasteiger partial charge in [0.25, 0.3) is 0 Å². The Kier molecular flexibility index (Phi) is 6.01. The van der Waals surface area contributed by atoms with Crippen LogP contribution in [0.1, 0.15) is 6.92 Å². The zero-order valence-electron chi connectivity index (χ0n) is 9.07. The van der Waals surface area contributed by atoms with Crippen LogP contribution in [0.5, 0.6) is 0 Å². The van der Waals surface area contributed by atoms with Crippen molar-refractivity contribution in [3.05, 3.63) is 24.3 Å². The average Bonchev–Trinajstić information content (AvgIpc) is 2.14. The monoisotopic (exact) mass is 251 g/mol. The average molecular weight is 251 g/mol. The van der Waals surface area contributed by atoms with E-state index in [0.717, 1.165) is 6.08 Å². The number of aliphatic carboxylic acids is 1. The molecule has 0 rings (SSSR count). The van der Waals surface area contributed by atoms with Crippen molar-refractivity contribution in [2.75, 3.05) is 13.1 Å². The summed E-state index contributed by atoms with van der Waals surface area (Å²) in [5.74, 6) is -2.50. The SMILES string of the molecule is CC=CC=CC(=O)N(CC(=O)O)CC(F)(F)F. The van der Waals surface area contributed by atoms with Gasteiger partial charge in [-0.2, -0.15) is 13.2 Å². The summed E-state index contributed by atoms with van der Waals surface area (Å²) in [5, 5.41) is 8.40. The molecule has 1 amide bonds. The van der Waals surface area contributed by atoms with Crippen molar-refractivity contribution >= 4 is 11.9 Å². The molecular formula is C10H12F3NO3. The lowest BCUT2D eigenvalue weighted by Gasteiger charge is -2.20. The Morgan fingerprint density at radius 2 is 1.88 bits per heavy atom. The zero-order valence-corrected chi connectivity index (χ0v) is 9.07. The van der Waals surface area contributed by atoms with Gasteiger partial charge in [0.15, 0.2) is 0 Å². The number of carboxylic acid groups (broad SMARTS) is 1. The third-order valence-electron chi connectivity index (χ3n) is 1.55. The maximum atomic E-state index is 12.1. The number of rotatable bonds is 5. The minimum atomic E-state index is -4.63. The molecule has 96 valence electrons. The molecule has 0 aliphatic heterocycles. The Balaban J connectivity index is 4.67. The van der Waals surface area contributed by atoms with Gasteiger partial charge in [-0.05, 0) is 6.92 Å². The number of amides is 1. The summed E-state index contributed by atoms with van der Waals surface area (Å²) in [4.78, 5) is 21.8. The number of allylic oxidation sites excluding steroid dienone is 3. The van der Waals surface area contributed by atoms with Gasteiger partial charge in [-0.15, -0.1) is 0 Å². The first-order valence-electron chi connectivity index (χ1n) is 4.63. The topological polar surface area (TPSA) is 57.6 Å². The van der Waals surface area contributed by atoms with Crippen LogP contribution in [-0.2, 0) is 9.59 Å². The molecule has 0 saturated heterocycles. The molecule has 0 heterocycles. The summed E-state index contributed by atoms with van der Waals surface area (Å²) in [6.45, 7) is -0.906. The van der Waals surface area contributed by atoms with E-state index in [-0.39, 0.29) is 4.90 Å². The van der Waals surface area contributed by atoms with Gasteiger partial charge in [0.1, 0.15) is 13.1 Å². The quantitative estimate of drug-likeness (QED) is 0.596. The number of carbonyl (C=O) groups excluding carboxylic acids is 1.